The number of fused-ring (bicyclic) bond motifs is 2. The number of carboxylic acids is 1. The third-order valence-corrected chi connectivity index (χ3v) is 3.42. The van der Waals surface area contributed by atoms with Gasteiger partial charge in [0.25, 0.3) is 0 Å². The maximum Gasteiger partial charge on any atom is 0.312 e. The van der Waals surface area contributed by atoms with Crippen molar-refractivity contribution in [1.82, 2.24) is 0 Å². The van der Waals surface area contributed by atoms with Crippen molar-refractivity contribution in [2.75, 3.05) is 0 Å². The molecule has 0 radical (unpaired) electrons. The van der Waals surface area contributed by atoms with Crippen LogP contribution in [-0.4, -0.2) is 22.3 Å². The largest absolute Gasteiger partial charge is 0.481 e. The molecule has 0 amide bonds. The lowest BCUT2D eigenvalue weighted by atomic mass is 9.62. The first-order valence-corrected chi connectivity index (χ1v) is 4.75. The van der Waals surface area contributed by atoms with E-state index in [1.54, 1.807) is 0 Å². The Labute approximate surface area is 77.1 Å². The number of aliphatic hydroxyl groups is 1. The van der Waals surface area contributed by atoms with Crippen LogP contribution < -0.4 is 0 Å². The Hall–Kier alpha value is -0.830. The van der Waals surface area contributed by atoms with Gasteiger partial charge in [-0.25, -0.2) is 0 Å². The molecule has 2 aliphatic carbocycles. The van der Waals surface area contributed by atoms with Gasteiger partial charge in [0.2, 0.25) is 0 Å². The third kappa shape index (κ3) is 1.10. The van der Waals surface area contributed by atoms with E-state index in [1.807, 2.05) is 12.2 Å². The van der Waals surface area contributed by atoms with E-state index in [0.29, 0.717) is 12.8 Å². The van der Waals surface area contributed by atoms with Gasteiger partial charge in [0.15, 0.2) is 0 Å². The summed E-state index contributed by atoms with van der Waals surface area (Å²) in [5.41, 5.74) is -0.877. The average molecular weight is 182 g/mol. The second kappa shape index (κ2) is 2.84. The molecule has 3 unspecified atom stereocenters. The lowest BCUT2D eigenvalue weighted by Crippen LogP contribution is -2.50. The Kier molecular flexibility index (Phi) is 1.91. The maximum atomic E-state index is 11.1. The number of rotatable bonds is 1. The minimum atomic E-state index is -0.877. The zero-order valence-corrected chi connectivity index (χ0v) is 7.44. The molecule has 0 spiro atoms. The summed E-state index contributed by atoms with van der Waals surface area (Å²) in [5, 5.41) is 19.0. The lowest BCUT2D eigenvalue weighted by molar-refractivity contribution is -0.163. The topological polar surface area (TPSA) is 57.5 Å². The summed E-state index contributed by atoms with van der Waals surface area (Å²) in [6, 6.07) is 0. The fourth-order valence-electron chi connectivity index (χ4n) is 2.57. The van der Waals surface area contributed by atoms with Crippen LogP contribution in [0.5, 0.6) is 0 Å². The molecule has 13 heavy (non-hydrogen) atoms. The molecule has 2 rings (SSSR count). The van der Waals surface area contributed by atoms with Crippen molar-refractivity contribution in [1.29, 1.82) is 0 Å². The number of allylic oxidation sites excluding steroid dienone is 1. The normalized spacial score (nSPS) is 43.2. The number of carboxylic acid groups (broad SMARTS) is 1. The summed E-state index contributed by atoms with van der Waals surface area (Å²) >= 11 is 0. The average Bonchev–Trinajstić information content (AvgIpc) is 2.03. The van der Waals surface area contributed by atoms with Crippen molar-refractivity contribution >= 4 is 5.97 Å². The Morgan fingerprint density at radius 2 is 2.31 bits per heavy atom. The predicted octanol–water partition coefficient (Wildman–Crippen LogP) is 1.18. The maximum absolute atomic E-state index is 11.1. The molecule has 1 saturated carbocycles. The van der Waals surface area contributed by atoms with Gasteiger partial charge in [-0.1, -0.05) is 18.6 Å². The van der Waals surface area contributed by atoms with E-state index in [0.717, 1.165) is 12.8 Å². The highest BCUT2D eigenvalue weighted by atomic mass is 16.4. The highest BCUT2D eigenvalue weighted by Crippen LogP contribution is 2.46. The molecule has 1 fully saturated rings. The number of aliphatic hydroxyl groups excluding tert-OH is 1. The molecule has 0 aromatic heterocycles. The standard InChI is InChI=1S/C10H14O3/c11-8-7-3-1-5-10(8,9(12)13)6-2-4-7/h1,3,7-8,11H,2,4-6H2,(H,12,13). The van der Waals surface area contributed by atoms with E-state index in [-0.39, 0.29) is 5.92 Å². The van der Waals surface area contributed by atoms with Crippen LogP contribution in [0.25, 0.3) is 0 Å². The van der Waals surface area contributed by atoms with Gasteiger partial charge < -0.3 is 10.2 Å². The zero-order chi connectivity index (χ0) is 9.47. The predicted molar refractivity (Wildman–Crippen MR) is 47.2 cm³/mol. The van der Waals surface area contributed by atoms with Crippen LogP contribution in [0, 0.1) is 11.3 Å². The number of aliphatic carboxylic acids is 1. The number of hydrogen-bond donors (Lipinski definition) is 2. The van der Waals surface area contributed by atoms with Crippen LogP contribution >= 0.6 is 0 Å². The van der Waals surface area contributed by atoms with Crippen LogP contribution in [0.4, 0.5) is 0 Å². The summed E-state index contributed by atoms with van der Waals surface area (Å²) in [5.74, 6) is -0.771. The molecule has 0 aromatic carbocycles. The lowest BCUT2D eigenvalue weighted by Gasteiger charge is -2.43. The summed E-state index contributed by atoms with van der Waals surface area (Å²) in [7, 11) is 0. The Bertz CT molecular complexity index is 259. The van der Waals surface area contributed by atoms with Gasteiger partial charge in [-0.15, -0.1) is 0 Å². The highest BCUT2D eigenvalue weighted by molar-refractivity contribution is 5.76. The van der Waals surface area contributed by atoms with Gasteiger partial charge in [0, 0.05) is 5.92 Å². The first kappa shape index (κ1) is 8.75. The van der Waals surface area contributed by atoms with Crippen molar-refractivity contribution in [2.45, 2.75) is 31.8 Å². The molecule has 0 aromatic rings. The molecule has 2 aliphatic rings. The molecule has 2 bridgehead atoms. The molecule has 0 heterocycles. The zero-order valence-electron chi connectivity index (χ0n) is 7.44. The van der Waals surface area contributed by atoms with Crippen molar-refractivity contribution < 1.29 is 15.0 Å². The monoisotopic (exact) mass is 182 g/mol. The van der Waals surface area contributed by atoms with Gasteiger partial charge in [-0.2, -0.15) is 0 Å². The first-order valence-electron chi connectivity index (χ1n) is 4.75. The molecular weight excluding hydrogens is 168 g/mol. The number of hydrogen-bond acceptors (Lipinski definition) is 2. The van der Waals surface area contributed by atoms with Gasteiger partial charge >= 0.3 is 5.97 Å². The van der Waals surface area contributed by atoms with E-state index < -0.39 is 17.5 Å². The Morgan fingerprint density at radius 1 is 1.54 bits per heavy atom. The quantitative estimate of drug-likeness (QED) is 0.599. The van der Waals surface area contributed by atoms with Gasteiger partial charge in [0.05, 0.1) is 11.5 Å². The van der Waals surface area contributed by atoms with Gasteiger partial charge in [-0.3, -0.25) is 4.79 Å². The van der Waals surface area contributed by atoms with Crippen LogP contribution in [0.2, 0.25) is 0 Å². The Balaban J connectivity index is 2.36. The summed E-state index contributed by atoms with van der Waals surface area (Å²) in [6.07, 6.45) is 6.13. The molecule has 0 saturated heterocycles. The molecule has 0 aliphatic heterocycles. The second-order valence-corrected chi connectivity index (χ2v) is 4.09. The molecule has 72 valence electrons. The first-order chi connectivity index (χ1) is 6.17. The SMILES string of the molecule is O=C(O)C12CC=CC(CCC1)C2O. The van der Waals surface area contributed by atoms with E-state index in [2.05, 4.69) is 0 Å². The highest BCUT2D eigenvalue weighted by Gasteiger charge is 2.50. The van der Waals surface area contributed by atoms with Crippen molar-refractivity contribution in [2.24, 2.45) is 11.3 Å². The minimum Gasteiger partial charge on any atom is -0.481 e. The van der Waals surface area contributed by atoms with Crippen LogP contribution in [-0.2, 0) is 4.79 Å². The fourth-order valence-corrected chi connectivity index (χ4v) is 2.57. The number of carbonyl (C=O) groups is 1. The van der Waals surface area contributed by atoms with Crippen molar-refractivity contribution in [3.8, 4) is 0 Å². The fraction of sp³-hybridized carbons (Fsp3) is 0.700. The van der Waals surface area contributed by atoms with Crippen molar-refractivity contribution in [3.63, 3.8) is 0 Å². The Morgan fingerprint density at radius 3 is 2.92 bits per heavy atom. The van der Waals surface area contributed by atoms with Gasteiger partial charge in [-0.05, 0) is 19.3 Å². The summed E-state index contributed by atoms with van der Waals surface area (Å²) < 4.78 is 0. The smallest absolute Gasteiger partial charge is 0.312 e. The molecule has 2 N–H and O–H groups in total. The van der Waals surface area contributed by atoms with E-state index >= 15 is 0 Å². The van der Waals surface area contributed by atoms with E-state index in [4.69, 9.17) is 5.11 Å². The van der Waals surface area contributed by atoms with E-state index in [9.17, 15) is 9.90 Å². The molecular formula is C10H14O3. The minimum absolute atomic E-state index is 0.0681. The second-order valence-electron chi connectivity index (χ2n) is 4.09. The van der Waals surface area contributed by atoms with Gasteiger partial charge in [0.1, 0.15) is 0 Å². The third-order valence-electron chi connectivity index (χ3n) is 3.42. The molecule has 3 atom stereocenters. The van der Waals surface area contributed by atoms with Crippen LogP contribution in [0.15, 0.2) is 12.2 Å². The van der Waals surface area contributed by atoms with E-state index in [1.165, 1.54) is 0 Å². The molecule has 3 nitrogen and oxygen atoms in total. The van der Waals surface area contributed by atoms with Crippen molar-refractivity contribution in [3.05, 3.63) is 12.2 Å². The van der Waals surface area contributed by atoms with Crippen LogP contribution in [0.3, 0.4) is 0 Å². The summed E-state index contributed by atoms with van der Waals surface area (Å²) in [6.45, 7) is 0. The summed E-state index contributed by atoms with van der Waals surface area (Å²) in [4.78, 5) is 11.1. The molecule has 3 heteroatoms. The van der Waals surface area contributed by atoms with Crippen LogP contribution in [0.1, 0.15) is 25.7 Å².